The smallest absolute Gasteiger partial charge is 0.240 e. The first-order valence-corrected chi connectivity index (χ1v) is 7.32. The number of nitrogens with zero attached hydrogens (tertiary/aromatic N) is 1. The van der Waals surface area contributed by atoms with Crippen molar-refractivity contribution < 1.29 is 14.6 Å². The van der Waals surface area contributed by atoms with Crippen molar-refractivity contribution in [2.75, 3.05) is 13.2 Å². The van der Waals surface area contributed by atoms with Gasteiger partial charge in [0.1, 0.15) is 6.54 Å². The molecule has 21 heavy (non-hydrogen) atoms. The van der Waals surface area contributed by atoms with Crippen molar-refractivity contribution in [1.29, 1.82) is 0 Å². The van der Waals surface area contributed by atoms with Crippen LogP contribution >= 0.6 is 0 Å². The Morgan fingerprint density at radius 3 is 2.90 bits per heavy atom. The van der Waals surface area contributed by atoms with E-state index in [4.69, 9.17) is 4.74 Å². The predicted molar refractivity (Wildman–Crippen MR) is 79.8 cm³/mol. The summed E-state index contributed by atoms with van der Waals surface area (Å²) in [7, 11) is 0. The van der Waals surface area contributed by atoms with Gasteiger partial charge in [-0.1, -0.05) is 12.1 Å². The molecule has 0 saturated carbocycles. The zero-order chi connectivity index (χ0) is 14.7. The van der Waals surface area contributed by atoms with Gasteiger partial charge in [0.2, 0.25) is 5.91 Å². The van der Waals surface area contributed by atoms with Crippen LogP contribution in [0.4, 0.5) is 0 Å². The van der Waals surface area contributed by atoms with Gasteiger partial charge in [-0.3, -0.25) is 4.79 Å². The van der Waals surface area contributed by atoms with Gasteiger partial charge in [0, 0.05) is 36.4 Å². The quantitative estimate of drug-likeness (QED) is 0.894. The van der Waals surface area contributed by atoms with Crippen LogP contribution < -0.4 is 5.32 Å². The Hall–Kier alpha value is -1.85. The highest BCUT2D eigenvalue weighted by atomic mass is 16.5. The Bertz CT molecular complexity index is 629. The van der Waals surface area contributed by atoms with Crippen LogP contribution in [0.5, 0.6) is 0 Å². The van der Waals surface area contributed by atoms with Gasteiger partial charge in [-0.25, -0.2) is 0 Å². The van der Waals surface area contributed by atoms with Crippen molar-refractivity contribution >= 4 is 16.8 Å². The molecule has 2 heterocycles. The van der Waals surface area contributed by atoms with E-state index in [9.17, 15) is 9.90 Å². The van der Waals surface area contributed by atoms with E-state index in [1.807, 2.05) is 35.0 Å². The van der Waals surface area contributed by atoms with Crippen LogP contribution in [0.15, 0.2) is 30.5 Å². The maximum Gasteiger partial charge on any atom is 0.240 e. The van der Waals surface area contributed by atoms with Gasteiger partial charge in [0.25, 0.3) is 0 Å². The molecule has 3 rings (SSSR count). The number of carbonyl (C=O) groups is 1. The van der Waals surface area contributed by atoms with E-state index >= 15 is 0 Å². The fraction of sp³-hybridized carbons (Fsp3) is 0.438. The van der Waals surface area contributed by atoms with Crippen LogP contribution in [0, 0.1) is 0 Å². The van der Waals surface area contributed by atoms with Crippen molar-refractivity contribution in [3.63, 3.8) is 0 Å². The summed E-state index contributed by atoms with van der Waals surface area (Å²) >= 11 is 0. The number of aliphatic hydroxyl groups excluding tert-OH is 1. The number of carbonyl (C=O) groups excluding carboxylic acids is 1. The fourth-order valence-electron chi connectivity index (χ4n) is 2.83. The second kappa shape index (κ2) is 6.28. The van der Waals surface area contributed by atoms with E-state index in [2.05, 4.69) is 5.32 Å². The lowest BCUT2D eigenvalue weighted by molar-refractivity contribution is -0.122. The summed E-state index contributed by atoms with van der Waals surface area (Å²) in [4.78, 5) is 12.2. The molecule has 0 radical (unpaired) electrons. The van der Waals surface area contributed by atoms with E-state index in [0.717, 1.165) is 42.5 Å². The van der Waals surface area contributed by atoms with Crippen LogP contribution in [0.3, 0.4) is 0 Å². The summed E-state index contributed by atoms with van der Waals surface area (Å²) in [5.41, 5.74) is 1.86. The Morgan fingerprint density at radius 1 is 1.33 bits per heavy atom. The summed E-state index contributed by atoms with van der Waals surface area (Å²) in [6, 6.07) is 7.94. The van der Waals surface area contributed by atoms with Gasteiger partial charge < -0.3 is 19.7 Å². The number of aliphatic hydroxyl groups is 1. The van der Waals surface area contributed by atoms with Gasteiger partial charge in [-0.05, 0) is 30.5 Å². The Balaban J connectivity index is 1.71. The molecule has 0 spiro atoms. The summed E-state index contributed by atoms with van der Waals surface area (Å²) in [5.74, 6) is 0.0220. The van der Waals surface area contributed by atoms with Crippen LogP contribution in [0.2, 0.25) is 0 Å². The average Bonchev–Trinajstić information content (AvgIpc) is 2.91. The minimum Gasteiger partial charge on any atom is -0.392 e. The first kappa shape index (κ1) is 14.1. The highest BCUT2D eigenvalue weighted by Gasteiger charge is 2.16. The first-order valence-electron chi connectivity index (χ1n) is 7.32. The van der Waals surface area contributed by atoms with Crippen molar-refractivity contribution in [2.45, 2.75) is 32.0 Å². The normalized spacial score (nSPS) is 16.2. The molecule has 1 amide bonds. The molecule has 1 aliphatic rings. The predicted octanol–water partition coefficient (Wildman–Crippen LogP) is 1.43. The number of amides is 1. The standard InChI is InChI=1S/C16H20N2O3/c19-11-12-2-1-3-15-14(12)4-7-18(15)10-16(20)17-13-5-8-21-9-6-13/h1-4,7,13,19H,5-6,8-11H2,(H,17,20). The minimum absolute atomic E-state index is 0.00955. The van der Waals surface area contributed by atoms with Crippen molar-refractivity contribution in [3.8, 4) is 0 Å². The highest BCUT2D eigenvalue weighted by Crippen LogP contribution is 2.20. The van der Waals surface area contributed by atoms with Crippen molar-refractivity contribution in [1.82, 2.24) is 9.88 Å². The van der Waals surface area contributed by atoms with Crippen LogP contribution in [0.25, 0.3) is 10.9 Å². The van der Waals surface area contributed by atoms with Crippen LogP contribution in [0.1, 0.15) is 18.4 Å². The van der Waals surface area contributed by atoms with Crippen LogP contribution in [-0.4, -0.2) is 34.8 Å². The lowest BCUT2D eigenvalue weighted by atomic mass is 10.1. The van der Waals surface area contributed by atoms with E-state index in [0.29, 0.717) is 6.54 Å². The molecule has 2 aromatic rings. The summed E-state index contributed by atoms with van der Waals surface area (Å²) in [6.07, 6.45) is 3.66. The molecule has 1 aliphatic heterocycles. The zero-order valence-electron chi connectivity index (χ0n) is 11.9. The molecule has 1 aromatic carbocycles. The number of ether oxygens (including phenoxy) is 1. The topological polar surface area (TPSA) is 63.5 Å². The first-order chi connectivity index (χ1) is 10.3. The van der Waals surface area contributed by atoms with Gasteiger partial charge in [-0.2, -0.15) is 0 Å². The summed E-state index contributed by atoms with van der Waals surface area (Å²) in [6.45, 7) is 1.75. The molecule has 5 nitrogen and oxygen atoms in total. The zero-order valence-corrected chi connectivity index (χ0v) is 11.9. The van der Waals surface area contributed by atoms with Gasteiger partial charge >= 0.3 is 0 Å². The SMILES string of the molecule is O=C(Cn1ccc2c(CO)cccc21)NC1CCOCC1. The fourth-order valence-corrected chi connectivity index (χ4v) is 2.83. The molecule has 0 aliphatic carbocycles. The summed E-state index contributed by atoms with van der Waals surface area (Å²) < 4.78 is 7.21. The lowest BCUT2D eigenvalue weighted by Crippen LogP contribution is -2.40. The number of benzene rings is 1. The largest absolute Gasteiger partial charge is 0.392 e. The Kier molecular flexibility index (Phi) is 4.22. The summed E-state index contributed by atoms with van der Waals surface area (Å²) in [5, 5.41) is 13.4. The molecular formula is C16H20N2O3. The number of hydrogen-bond acceptors (Lipinski definition) is 3. The number of rotatable bonds is 4. The molecule has 0 bridgehead atoms. The van der Waals surface area contributed by atoms with Gasteiger partial charge in [0.15, 0.2) is 0 Å². The molecule has 1 saturated heterocycles. The number of fused-ring (bicyclic) bond motifs is 1. The number of nitrogens with one attached hydrogen (secondary N) is 1. The molecule has 2 N–H and O–H groups in total. The monoisotopic (exact) mass is 288 g/mol. The maximum atomic E-state index is 12.2. The lowest BCUT2D eigenvalue weighted by Gasteiger charge is -2.23. The third kappa shape index (κ3) is 3.09. The molecular weight excluding hydrogens is 268 g/mol. The van der Waals surface area contributed by atoms with Crippen molar-refractivity contribution in [3.05, 3.63) is 36.0 Å². The highest BCUT2D eigenvalue weighted by molar-refractivity contribution is 5.85. The van der Waals surface area contributed by atoms with Crippen LogP contribution in [-0.2, 0) is 22.7 Å². The third-order valence-corrected chi connectivity index (χ3v) is 3.97. The Morgan fingerprint density at radius 2 is 2.14 bits per heavy atom. The molecule has 5 heteroatoms. The second-order valence-electron chi connectivity index (χ2n) is 5.41. The molecule has 0 unspecified atom stereocenters. The molecule has 1 fully saturated rings. The van der Waals surface area contributed by atoms with Gasteiger partial charge in [0.05, 0.1) is 6.61 Å². The average molecular weight is 288 g/mol. The maximum absolute atomic E-state index is 12.2. The minimum atomic E-state index is 0.00955. The molecule has 0 atom stereocenters. The van der Waals surface area contributed by atoms with E-state index in [1.54, 1.807) is 0 Å². The van der Waals surface area contributed by atoms with E-state index < -0.39 is 0 Å². The third-order valence-electron chi connectivity index (χ3n) is 3.97. The van der Waals surface area contributed by atoms with Gasteiger partial charge in [-0.15, -0.1) is 0 Å². The van der Waals surface area contributed by atoms with E-state index in [1.165, 1.54) is 0 Å². The Labute approximate surface area is 123 Å². The second-order valence-corrected chi connectivity index (χ2v) is 5.41. The number of aromatic nitrogens is 1. The van der Waals surface area contributed by atoms with E-state index in [-0.39, 0.29) is 18.6 Å². The number of hydrogen-bond donors (Lipinski definition) is 2. The molecule has 1 aromatic heterocycles. The molecule has 112 valence electrons. The van der Waals surface area contributed by atoms with Crippen molar-refractivity contribution in [2.24, 2.45) is 0 Å².